The van der Waals surface area contributed by atoms with E-state index in [4.69, 9.17) is 14.2 Å². The first kappa shape index (κ1) is 27.7. The smallest absolute Gasteiger partial charge is 0.185 e. The maximum atomic E-state index is 6.00. The zero-order valence-electron chi connectivity index (χ0n) is 22.2. The van der Waals surface area contributed by atoms with E-state index in [1.54, 1.807) is 0 Å². The van der Waals surface area contributed by atoms with Crippen LogP contribution < -0.4 is 4.74 Å². The molecule has 0 radical (unpaired) electrons. The average Bonchev–Trinajstić information content (AvgIpc) is 2.91. The molecule has 4 nitrogen and oxygen atoms in total. The number of hydrogen-bond acceptors (Lipinski definition) is 4. The van der Waals surface area contributed by atoms with Crippen molar-refractivity contribution in [3.05, 3.63) is 48.2 Å². The number of rotatable bonds is 17. The van der Waals surface area contributed by atoms with E-state index in [1.165, 1.54) is 77.0 Å². The summed E-state index contributed by atoms with van der Waals surface area (Å²) in [5.41, 5.74) is 3.03. The van der Waals surface area contributed by atoms with Crippen LogP contribution in [-0.2, 0) is 9.47 Å². The second kappa shape index (κ2) is 16.7. The Kier molecular flexibility index (Phi) is 13.2. The van der Waals surface area contributed by atoms with Gasteiger partial charge >= 0.3 is 0 Å². The summed E-state index contributed by atoms with van der Waals surface area (Å²) < 4.78 is 17.9. The monoisotopic (exact) mass is 481 g/mol. The molecule has 0 unspecified atom stereocenters. The van der Waals surface area contributed by atoms with Crippen molar-refractivity contribution in [3.63, 3.8) is 0 Å². The van der Waals surface area contributed by atoms with Crippen LogP contribution >= 0.6 is 0 Å². The third kappa shape index (κ3) is 10.3. The Bertz CT molecular complexity index is 782. The lowest BCUT2D eigenvalue weighted by molar-refractivity contribution is -0.206. The van der Waals surface area contributed by atoms with Crippen LogP contribution in [-0.4, -0.2) is 24.8 Å². The molecule has 1 aliphatic heterocycles. The van der Waals surface area contributed by atoms with E-state index in [-0.39, 0.29) is 6.29 Å². The first-order valence-electron chi connectivity index (χ1n) is 14.2. The summed E-state index contributed by atoms with van der Waals surface area (Å²) in [6, 6.07) is 12.4. The van der Waals surface area contributed by atoms with Crippen molar-refractivity contribution in [3.8, 4) is 17.0 Å². The molecule has 35 heavy (non-hydrogen) atoms. The van der Waals surface area contributed by atoms with E-state index in [1.807, 2.05) is 18.3 Å². The van der Waals surface area contributed by atoms with Crippen molar-refractivity contribution >= 4 is 0 Å². The molecule has 3 rings (SSSR count). The van der Waals surface area contributed by atoms with E-state index < -0.39 is 0 Å². The summed E-state index contributed by atoms with van der Waals surface area (Å²) in [5.74, 6) is 1.45. The number of ether oxygens (including phenoxy) is 3. The van der Waals surface area contributed by atoms with Crippen LogP contribution in [0.25, 0.3) is 11.3 Å². The highest BCUT2D eigenvalue weighted by molar-refractivity contribution is 5.60. The molecule has 1 aromatic carbocycles. The molecule has 1 saturated heterocycles. The summed E-state index contributed by atoms with van der Waals surface area (Å²) in [6.45, 7) is 6.86. The van der Waals surface area contributed by atoms with Gasteiger partial charge < -0.3 is 14.2 Å². The highest BCUT2D eigenvalue weighted by Crippen LogP contribution is 2.28. The summed E-state index contributed by atoms with van der Waals surface area (Å²) in [5, 5.41) is 0. The zero-order valence-corrected chi connectivity index (χ0v) is 22.2. The van der Waals surface area contributed by atoms with Crippen molar-refractivity contribution in [2.24, 2.45) is 5.92 Å². The van der Waals surface area contributed by atoms with Gasteiger partial charge in [0.1, 0.15) is 5.75 Å². The molecule has 0 amide bonds. The second-order valence-corrected chi connectivity index (χ2v) is 10.0. The molecule has 2 heterocycles. The van der Waals surface area contributed by atoms with Gasteiger partial charge in [-0.25, -0.2) is 0 Å². The minimum Gasteiger partial charge on any atom is -0.494 e. The van der Waals surface area contributed by atoms with E-state index in [9.17, 15) is 0 Å². The molecule has 194 valence electrons. The molecule has 1 aliphatic rings. The number of aromatic nitrogens is 1. The van der Waals surface area contributed by atoms with Crippen LogP contribution in [0.5, 0.6) is 5.75 Å². The molecule has 0 atom stereocenters. The lowest BCUT2D eigenvalue weighted by Crippen LogP contribution is -2.27. The van der Waals surface area contributed by atoms with E-state index in [0.29, 0.717) is 5.92 Å². The molecule has 0 bridgehead atoms. The van der Waals surface area contributed by atoms with Crippen LogP contribution in [0.4, 0.5) is 0 Å². The zero-order chi connectivity index (χ0) is 24.6. The van der Waals surface area contributed by atoms with Gasteiger partial charge in [0.25, 0.3) is 0 Å². The first-order valence-corrected chi connectivity index (χ1v) is 14.2. The van der Waals surface area contributed by atoms with Gasteiger partial charge in [0.05, 0.1) is 25.5 Å². The molecular formula is C31H47NO3. The quantitative estimate of drug-likeness (QED) is 0.211. The largest absolute Gasteiger partial charge is 0.494 e. The van der Waals surface area contributed by atoms with Gasteiger partial charge in [0.2, 0.25) is 0 Å². The molecule has 1 fully saturated rings. The van der Waals surface area contributed by atoms with Crippen LogP contribution in [0.1, 0.15) is 109 Å². The molecule has 0 N–H and O–H groups in total. The SMILES string of the molecule is CCCCCCCCCCOc1ccc(-c2ccc(C3OCC(CCCCCC)CO3)cn2)cc1. The summed E-state index contributed by atoms with van der Waals surface area (Å²) in [4.78, 5) is 4.66. The summed E-state index contributed by atoms with van der Waals surface area (Å²) >= 11 is 0. The minimum atomic E-state index is -0.296. The van der Waals surface area contributed by atoms with E-state index in [2.05, 4.69) is 43.1 Å². The van der Waals surface area contributed by atoms with Gasteiger partial charge in [0, 0.05) is 23.2 Å². The Balaban J connectivity index is 1.34. The molecule has 0 spiro atoms. The highest BCUT2D eigenvalue weighted by atomic mass is 16.7. The third-order valence-electron chi connectivity index (χ3n) is 6.91. The Hall–Kier alpha value is -1.91. The number of hydrogen-bond donors (Lipinski definition) is 0. The van der Waals surface area contributed by atoms with Gasteiger partial charge in [-0.1, -0.05) is 90.5 Å². The molecule has 2 aromatic rings. The normalized spacial score (nSPS) is 18.0. The van der Waals surface area contributed by atoms with Gasteiger partial charge in [-0.05, 0) is 43.2 Å². The Morgan fingerprint density at radius 1 is 0.743 bits per heavy atom. The van der Waals surface area contributed by atoms with Crippen molar-refractivity contribution < 1.29 is 14.2 Å². The number of unbranched alkanes of at least 4 members (excludes halogenated alkanes) is 10. The summed E-state index contributed by atoms with van der Waals surface area (Å²) in [6.07, 6.45) is 18.5. The van der Waals surface area contributed by atoms with E-state index in [0.717, 1.165) is 48.8 Å². The standard InChI is InChI=1S/C31H47NO3/c1-3-5-7-9-10-11-12-14-22-33-29-19-16-27(17-20-29)30-21-18-28(23-32-30)31-34-24-26(25-35-31)15-13-8-6-4-2/h16-21,23,26,31H,3-15,22,24-25H2,1-2H3. The molecular weight excluding hydrogens is 434 g/mol. The fraction of sp³-hybridized carbons (Fsp3) is 0.645. The lowest BCUT2D eigenvalue weighted by Gasteiger charge is -2.29. The highest BCUT2D eigenvalue weighted by Gasteiger charge is 2.23. The van der Waals surface area contributed by atoms with Crippen LogP contribution in [0.2, 0.25) is 0 Å². The number of pyridine rings is 1. The maximum absolute atomic E-state index is 6.00. The van der Waals surface area contributed by atoms with Gasteiger partial charge in [0.15, 0.2) is 6.29 Å². The summed E-state index contributed by atoms with van der Waals surface area (Å²) in [7, 11) is 0. The Labute approximate surface area is 213 Å². The van der Waals surface area contributed by atoms with Gasteiger partial charge in [-0.3, -0.25) is 4.98 Å². The van der Waals surface area contributed by atoms with Crippen molar-refractivity contribution in [1.82, 2.24) is 4.98 Å². The third-order valence-corrected chi connectivity index (χ3v) is 6.91. The minimum absolute atomic E-state index is 0.296. The van der Waals surface area contributed by atoms with E-state index >= 15 is 0 Å². The maximum Gasteiger partial charge on any atom is 0.185 e. The van der Waals surface area contributed by atoms with Crippen LogP contribution in [0.15, 0.2) is 42.6 Å². The Morgan fingerprint density at radius 3 is 2.00 bits per heavy atom. The topological polar surface area (TPSA) is 40.6 Å². The number of benzene rings is 1. The molecule has 1 aromatic heterocycles. The first-order chi connectivity index (χ1) is 17.3. The lowest BCUT2D eigenvalue weighted by atomic mass is 10.0. The fourth-order valence-electron chi connectivity index (χ4n) is 4.63. The van der Waals surface area contributed by atoms with Crippen molar-refractivity contribution in [2.45, 2.75) is 104 Å². The predicted octanol–water partition coefficient (Wildman–Crippen LogP) is 8.90. The van der Waals surface area contributed by atoms with Crippen molar-refractivity contribution in [2.75, 3.05) is 19.8 Å². The fourth-order valence-corrected chi connectivity index (χ4v) is 4.63. The van der Waals surface area contributed by atoms with Crippen LogP contribution in [0.3, 0.4) is 0 Å². The second-order valence-electron chi connectivity index (χ2n) is 10.0. The van der Waals surface area contributed by atoms with Crippen LogP contribution in [0, 0.1) is 5.92 Å². The Morgan fingerprint density at radius 2 is 1.37 bits per heavy atom. The molecule has 0 aliphatic carbocycles. The molecule has 0 saturated carbocycles. The average molecular weight is 482 g/mol. The molecule has 4 heteroatoms. The predicted molar refractivity (Wildman–Crippen MR) is 145 cm³/mol. The number of nitrogens with zero attached hydrogens (tertiary/aromatic N) is 1. The van der Waals surface area contributed by atoms with Gasteiger partial charge in [-0.2, -0.15) is 0 Å². The van der Waals surface area contributed by atoms with Crippen molar-refractivity contribution in [1.29, 1.82) is 0 Å². The van der Waals surface area contributed by atoms with Gasteiger partial charge in [-0.15, -0.1) is 0 Å².